The van der Waals surface area contributed by atoms with Crippen LogP contribution >= 0.6 is 0 Å². The zero-order valence-corrected chi connectivity index (χ0v) is 6.63. The van der Waals surface area contributed by atoms with E-state index in [0.29, 0.717) is 12.0 Å². The third-order valence-corrected chi connectivity index (χ3v) is 1.78. The molecule has 0 saturated carbocycles. The van der Waals surface area contributed by atoms with E-state index in [1.807, 2.05) is 0 Å². The van der Waals surface area contributed by atoms with E-state index < -0.39 is 0 Å². The van der Waals surface area contributed by atoms with Crippen LogP contribution in [-0.4, -0.2) is 33.0 Å². The normalized spacial score (nSPS) is 34.7. The van der Waals surface area contributed by atoms with Gasteiger partial charge in [-0.25, -0.2) is 0 Å². The standard InChI is InChI=1S/C7H14BNO/c1-5(2)6-3-9-4-7(8)10-6/h5-7,9H,3-4H2,1-2H3. The molecule has 1 aliphatic rings. The zero-order valence-electron chi connectivity index (χ0n) is 6.63. The molecule has 2 atom stereocenters. The van der Waals surface area contributed by atoms with Crippen LogP contribution in [0.3, 0.4) is 0 Å². The van der Waals surface area contributed by atoms with Crippen molar-refractivity contribution in [2.45, 2.75) is 26.0 Å². The molecule has 1 saturated heterocycles. The van der Waals surface area contributed by atoms with Crippen LogP contribution < -0.4 is 5.32 Å². The van der Waals surface area contributed by atoms with Gasteiger partial charge in [-0.2, -0.15) is 0 Å². The van der Waals surface area contributed by atoms with Crippen LogP contribution in [0.5, 0.6) is 0 Å². The van der Waals surface area contributed by atoms with Gasteiger partial charge in [-0.1, -0.05) is 13.8 Å². The molecule has 0 aromatic heterocycles. The summed E-state index contributed by atoms with van der Waals surface area (Å²) < 4.78 is 5.46. The fraction of sp³-hybridized carbons (Fsp3) is 1.00. The minimum Gasteiger partial charge on any atom is -0.382 e. The van der Waals surface area contributed by atoms with Gasteiger partial charge >= 0.3 is 0 Å². The quantitative estimate of drug-likeness (QED) is 0.521. The second kappa shape index (κ2) is 3.40. The van der Waals surface area contributed by atoms with Crippen LogP contribution in [0.4, 0.5) is 0 Å². The summed E-state index contributed by atoms with van der Waals surface area (Å²) in [5.41, 5.74) is 0. The summed E-state index contributed by atoms with van der Waals surface area (Å²) in [6.07, 6.45) is 0.295. The van der Waals surface area contributed by atoms with Crippen molar-refractivity contribution >= 4 is 7.85 Å². The van der Waals surface area contributed by atoms with Crippen molar-refractivity contribution < 1.29 is 4.74 Å². The highest BCUT2D eigenvalue weighted by Crippen LogP contribution is 2.10. The Morgan fingerprint density at radius 2 is 2.20 bits per heavy atom. The summed E-state index contributed by atoms with van der Waals surface area (Å²) in [6.45, 7) is 6.00. The Morgan fingerprint density at radius 1 is 1.50 bits per heavy atom. The highest BCUT2D eigenvalue weighted by molar-refractivity contribution is 6.11. The van der Waals surface area contributed by atoms with Gasteiger partial charge in [0.05, 0.1) is 6.10 Å². The van der Waals surface area contributed by atoms with E-state index >= 15 is 0 Å². The van der Waals surface area contributed by atoms with Crippen molar-refractivity contribution in [3.05, 3.63) is 0 Å². The Morgan fingerprint density at radius 3 is 2.60 bits per heavy atom. The number of nitrogens with one attached hydrogen (secondary N) is 1. The van der Waals surface area contributed by atoms with Gasteiger partial charge in [0.1, 0.15) is 7.85 Å². The van der Waals surface area contributed by atoms with E-state index in [9.17, 15) is 0 Å². The maximum Gasteiger partial charge on any atom is 0.110 e. The van der Waals surface area contributed by atoms with Gasteiger partial charge in [0.2, 0.25) is 0 Å². The fourth-order valence-corrected chi connectivity index (χ4v) is 1.08. The Labute approximate surface area is 63.7 Å². The molecule has 56 valence electrons. The first kappa shape index (κ1) is 8.09. The molecule has 0 amide bonds. The van der Waals surface area contributed by atoms with Crippen LogP contribution in [0.25, 0.3) is 0 Å². The SMILES string of the molecule is [B]C1CNCC(C(C)C)O1. The Bertz CT molecular complexity index is 108. The topological polar surface area (TPSA) is 21.3 Å². The predicted molar refractivity (Wildman–Crippen MR) is 42.1 cm³/mol. The minimum atomic E-state index is -0.110. The van der Waals surface area contributed by atoms with Crippen molar-refractivity contribution in [2.75, 3.05) is 13.1 Å². The monoisotopic (exact) mass is 139 g/mol. The molecule has 1 aliphatic heterocycles. The van der Waals surface area contributed by atoms with Crippen molar-refractivity contribution in [2.24, 2.45) is 5.92 Å². The van der Waals surface area contributed by atoms with E-state index in [2.05, 4.69) is 19.2 Å². The molecule has 1 heterocycles. The minimum absolute atomic E-state index is 0.110. The number of rotatable bonds is 1. The van der Waals surface area contributed by atoms with E-state index in [1.54, 1.807) is 0 Å². The van der Waals surface area contributed by atoms with Gasteiger partial charge in [-0.15, -0.1) is 0 Å². The predicted octanol–water partition coefficient (Wildman–Crippen LogP) is 0.125. The number of hydrogen-bond acceptors (Lipinski definition) is 2. The van der Waals surface area contributed by atoms with Gasteiger partial charge in [0.15, 0.2) is 0 Å². The molecule has 2 radical (unpaired) electrons. The Balaban J connectivity index is 2.32. The first-order valence-corrected chi connectivity index (χ1v) is 3.82. The molecular formula is C7H14BNO. The summed E-state index contributed by atoms with van der Waals surface area (Å²) in [5.74, 6) is 0.554. The van der Waals surface area contributed by atoms with E-state index in [1.165, 1.54) is 0 Å². The second-order valence-corrected chi connectivity index (χ2v) is 3.12. The maximum atomic E-state index is 5.58. The average Bonchev–Trinajstić information content (AvgIpc) is 1.88. The second-order valence-electron chi connectivity index (χ2n) is 3.12. The molecule has 1 N–H and O–H groups in total. The highest BCUT2D eigenvalue weighted by Gasteiger charge is 2.20. The van der Waals surface area contributed by atoms with Gasteiger partial charge in [0.25, 0.3) is 0 Å². The molecule has 2 nitrogen and oxygen atoms in total. The summed E-state index contributed by atoms with van der Waals surface area (Å²) in [6, 6.07) is -0.110. The molecule has 0 bridgehead atoms. The molecule has 1 rings (SSSR count). The zero-order chi connectivity index (χ0) is 7.56. The van der Waals surface area contributed by atoms with Gasteiger partial charge < -0.3 is 10.1 Å². The van der Waals surface area contributed by atoms with Crippen LogP contribution in [0.15, 0.2) is 0 Å². The molecule has 10 heavy (non-hydrogen) atoms. The molecule has 0 aromatic carbocycles. The average molecular weight is 139 g/mol. The number of morpholine rings is 1. The third-order valence-electron chi connectivity index (χ3n) is 1.78. The van der Waals surface area contributed by atoms with Crippen LogP contribution in [0.2, 0.25) is 0 Å². The maximum absolute atomic E-state index is 5.58. The lowest BCUT2D eigenvalue weighted by Crippen LogP contribution is -2.46. The lowest BCUT2D eigenvalue weighted by molar-refractivity contribution is -0.0211. The van der Waals surface area contributed by atoms with E-state index in [0.717, 1.165) is 13.1 Å². The lowest BCUT2D eigenvalue weighted by atomic mass is 9.96. The highest BCUT2D eigenvalue weighted by atomic mass is 16.5. The third kappa shape index (κ3) is 1.99. The Kier molecular flexibility index (Phi) is 2.75. The van der Waals surface area contributed by atoms with Crippen LogP contribution in [0, 0.1) is 5.92 Å². The van der Waals surface area contributed by atoms with Crippen molar-refractivity contribution in [1.82, 2.24) is 5.32 Å². The molecule has 0 aromatic rings. The number of ether oxygens (including phenoxy) is 1. The molecular weight excluding hydrogens is 125 g/mol. The largest absolute Gasteiger partial charge is 0.382 e. The molecule has 2 unspecified atom stereocenters. The van der Waals surface area contributed by atoms with E-state index in [-0.39, 0.29) is 6.00 Å². The van der Waals surface area contributed by atoms with Crippen molar-refractivity contribution in [3.63, 3.8) is 0 Å². The van der Waals surface area contributed by atoms with Crippen LogP contribution in [-0.2, 0) is 4.74 Å². The van der Waals surface area contributed by atoms with Gasteiger partial charge in [0, 0.05) is 19.1 Å². The smallest absolute Gasteiger partial charge is 0.110 e. The molecule has 1 fully saturated rings. The summed E-state index contributed by atoms with van der Waals surface area (Å²) in [5, 5.41) is 3.22. The van der Waals surface area contributed by atoms with Gasteiger partial charge in [-0.3, -0.25) is 0 Å². The van der Waals surface area contributed by atoms with Gasteiger partial charge in [-0.05, 0) is 5.92 Å². The number of hydrogen-bond donors (Lipinski definition) is 1. The molecule has 0 aliphatic carbocycles. The summed E-state index contributed by atoms with van der Waals surface area (Å²) in [7, 11) is 5.58. The van der Waals surface area contributed by atoms with Crippen molar-refractivity contribution in [3.8, 4) is 0 Å². The lowest BCUT2D eigenvalue weighted by Gasteiger charge is -2.31. The summed E-state index contributed by atoms with van der Waals surface area (Å²) >= 11 is 0. The molecule has 0 spiro atoms. The Hall–Kier alpha value is -0.0151. The first-order chi connectivity index (χ1) is 4.70. The fourth-order valence-electron chi connectivity index (χ4n) is 1.08. The first-order valence-electron chi connectivity index (χ1n) is 3.82. The summed E-state index contributed by atoms with van der Waals surface area (Å²) in [4.78, 5) is 0. The van der Waals surface area contributed by atoms with Crippen LogP contribution in [0.1, 0.15) is 13.8 Å². The molecule has 3 heteroatoms. The van der Waals surface area contributed by atoms with Crippen molar-refractivity contribution in [1.29, 1.82) is 0 Å². The van der Waals surface area contributed by atoms with E-state index in [4.69, 9.17) is 12.6 Å².